The Hall–Kier alpha value is -2.15. The molecule has 2 aliphatic heterocycles. The maximum absolute atomic E-state index is 12.8. The monoisotopic (exact) mass is 346 g/mol. The largest absolute Gasteiger partial charge is 0.480 e. The van der Waals surface area contributed by atoms with Crippen LogP contribution < -0.4 is 10.1 Å². The van der Waals surface area contributed by atoms with E-state index in [9.17, 15) is 9.59 Å². The molecule has 2 fully saturated rings. The third-order valence-corrected chi connectivity index (χ3v) is 5.03. The van der Waals surface area contributed by atoms with E-state index in [1.807, 2.05) is 4.90 Å². The minimum absolute atomic E-state index is 0.0236. The molecule has 1 aromatic heterocycles. The van der Waals surface area contributed by atoms with E-state index in [1.54, 1.807) is 18.3 Å². The lowest BCUT2D eigenvalue weighted by Gasteiger charge is -2.29. The molecule has 2 aliphatic rings. The standard InChI is InChI=1S/C18H26N4O3/c1-25-17-15(4-2-8-20-17)18(24)22-11-3-10-21(12-13-22)14-5-6-16(23)19-9-7-14/h2,4,8,14H,3,5-7,9-13H2,1H3,(H,19,23). The van der Waals surface area contributed by atoms with Gasteiger partial charge in [0.1, 0.15) is 5.56 Å². The lowest BCUT2D eigenvalue weighted by Crippen LogP contribution is -2.40. The molecule has 1 atom stereocenters. The molecule has 0 aromatic carbocycles. The summed E-state index contributed by atoms with van der Waals surface area (Å²) in [4.78, 5) is 32.8. The zero-order chi connectivity index (χ0) is 17.6. The highest BCUT2D eigenvalue weighted by atomic mass is 16.5. The molecule has 1 aromatic rings. The number of hydrogen-bond acceptors (Lipinski definition) is 5. The topological polar surface area (TPSA) is 74.8 Å². The van der Waals surface area contributed by atoms with Gasteiger partial charge in [-0.3, -0.25) is 14.5 Å². The fourth-order valence-corrected chi connectivity index (χ4v) is 3.67. The summed E-state index contributed by atoms with van der Waals surface area (Å²) in [6, 6.07) is 3.94. The van der Waals surface area contributed by atoms with Crippen molar-refractivity contribution in [3.63, 3.8) is 0 Å². The van der Waals surface area contributed by atoms with Gasteiger partial charge >= 0.3 is 0 Å². The molecule has 0 radical (unpaired) electrons. The molecule has 7 heteroatoms. The molecule has 0 spiro atoms. The number of nitrogens with zero attached hydrogens (tertiary/aromatic N) is 3. The van der Waals surface area contributed by atoms with Crippen molar-refractivity contribution >= 4 is 11.8 Å². The van der Waals surface area contributed by atoms with Gasteiger partial charge < -0.3 is 15.0 Å². The smallest absolute Gasteiger partial charge is 0.259 e. The van der Waals surface area contributed by atoms with Crippen LogP contribution in [0.1, 0.15) is 36.0 Å². The molecule has 7 nitrogen and oxygen atoms in total. The van der Waals surface area contributed by atoms with Crippen LogP contribution in [-0.2, 0) is 4.79 Å². The van der Waals surface area contributed by atoms with Crippen LogP contribution >= 0.6 is 0 Å². The highest BCUT2D eigenvalue weighted by Crippen LogP contribution is 2.20. The number of ether oxygens (including phenoxy) is 1. The molecule has 136 valence electrons. The van der Waals surface area contributed by atoms with Crippen LogP contribution in [0.2, 0.25) is 0 Å². The van der Waals surface area contributed by atoms with Crippen molar-refractivity contribution in [2.75, 3.05) is 39.8 Å². The maximum Gasteiger partial charge on any atom is 0.259 e. The zero-order valence-corrected chi connectivity index (χ0v) is 14.7. The predicted octanol–water partition coefficient (Wildman–Crippen LogP) is 0.907. The average molecular weight is 346 g/mol. The van der Waals surface area contributed by atoms with Gasteiger partial charge in [0.15, 0.2) is 0 Å². The molecule has 0 aliphatic carbocycles. The van der Waals surface area contributed by atoms with Crippen LogP contribution in [0.5, 0.6) is 5.88 Å². The quantitative estimate of drug-likeness (QED) is 0.880. The number of carbonyl (C=O) groups excluding carboxylic acids is 2. The van der Waals surface area contributed by atoms with E-state index in [0.29, 0.717) is 30.5 Å². The Morgan fingerprint density at radius 1 is 1.28 bits per heavy atom. The lowest BCUT2D eigenvalue weighted by molar-refractivity contribution is -0.120. The first kappa shape index (κ1) is 17.7. The Morgan fingerprint density at radius 2 is 2.16 bits per heavy atom. The van der Waals surface area contributed by atoms with Crippen LogP contribution in [0.15, 0.2) is 18.3 Å². The minimum Gasteiger partial charge on any atom is -0.480 e. The van der Waals surface area contributed by atoms with E-state index in [1.165, 1.54) is 7.11 Å². The van der Waals surface area contributed by atoms with E-state index >= 15 is 0 Å². The van der Waals surface area contributed by atoms with Gasteiger partial charge in [-0.15, -0.1) is 0 Å². The SMILES string of the molecule is COc1ncccc1C(=O)N1CCCN(C2CCNC(=O)CC2)CC1. The molecular weight excluding hydrogens is 320 g/mol. The molecule has 25 heavy (non-hydrogen) atoms. The van der Waals surface area contributed by atoms with Crippen molar-refractivity contribution in [2.45, 2.75) is 31.7 Å². The molecule has 1 unspecified atom stereocenters. The molecule has 3 rings (SSSR count). The Bertz CT molecular complexity index is 622. The summed E-state index contributed by atoms with van der Waals surface area (Å²) in [5.74, 6) is 0.504. The molecule has 1 N–H and O–H groups in total. The Morgan fingerprint density at radius 3 is 3.00 bits per heavy atom. The zero-order valence-electron chi connectivity index (χ0n) is 14.7. The third kappa shape index (κ3) is 4.28. The summed E-state index contributed by atoms with van der Waals surface area (Å²) in [6.07, 6.45) is 5.04. The Labute approximate surface area is 148 Å². The average Bonchev–Trinajstić information content (AvgIpc) is 3.01. The van der Waals surface area contributed by atoms with Crippen molar-refractivity contribution in [3.05, 3.63) is 23.9 Å². The van der Waals surface area contributed by atoms with Gasteiger partial charge in [-0.2, -0.15) is 0 Å². The van der Waals surface area contributed by atoms with Crippen molar-refractivity contribution < 1.29 is 14.3 Å². The first-order valence-electron chi connectivity index (χ1n) is 8.98. The number of aromatic nitrogens is 1. The first-order chi connectivity index (χ1) is 12.2. The van der Waals surface area contributed by atoms with Crippen molar-refractivity contribution in [3.8, 4) is 5.88 Å². The molecule has 0 saturated carbocycles. The van der Waals surface area contributed by atoms with Gasteiger partial charge in [0, 0.05) is 51.4 Å². The summed E-state index contributed by atoms with van der Waals surface area (Å²) in [6.45, 7) is 3.97. The highest BCUT2D eigenvalue weighted by molar-refractivity contribution is 5.96. The van der Waals surface area contributed by atoms with Crippen LogP contribution in [0.3, 0.4) is 0 Å². The second-order valence-electron chi connectivity index (χ2n) is 6.57. The molecule has 0 bridgehead atoms. The number of nitrogens with one attached hydrogen (secondary N) is 1. The number of hydrogen-bond donors (Lipinski definition) is 1. The van der Waals surface area contributed by atoms with Gasteiger partial charge in [0.25, 0.3) is 5.91 Å². The molecule has 2 saturated heterocycles. The van der Waals surface area contributed by atoms with Crippen molar-refractivity contribution in [1.29, 1.82) is 0 Å². The van der Waals surface area contributed by atoms with Gasteiger partial charge in [0.05, 0.1) is 7.11 Å². The van der Waals surface area contributed by atoms with Crippen LogP contribution in [0.25, 0.3) is 0 Å². The number of carbonyl (C=O) groups is 2. The minimum atomic E-state index is -0.0236. The van der Waals surface area contributed by atoms with Gasteiger partial charge in [-0.05, 0) is 31.4 Å². The third-order valence-electron chi connectivity index (χ3n) is 5.03. The highest BCUT2D eigenvalue weighted by Gasteiger charge is 2.27. The number of methoxy groups -OCH3 is 1. The van der Waals surface area contributed by atoms with Crippen molar-refractivity contribution in [1.82, 2.24) is 20.1 Å². The lowest BCUT2D eigenvalue weighted by atomic mass is 10.1. The Balaban J connectivity index is 1.63. The van der Waals surface area contributed by atoms with E-state index in [-0.39, 0.29) is 11.8 Å². The van der Waals surface area contributed by atoms with Crippen LogP contribution in [-0.4, -0.2) is 72.5 Å². The number of rotatable bonds is 3. The van der Waals surface area contributed by atoms with Crippen LogP contribution in [0.4, 0.5) is 0 Å². The van der Waals surface area contributed by atoms with Gasteiger partial charge in [-0.25, -0.2) is 4.98 Å². The summed E-state index contributed by atoms with van der Waals surface area (Å²) in [5.41, 5.74) is 0.516. The molecule has 2 amide bonds. The fourth-order valence-electron chi connectivity index (χ4n) is 3.67. The second-order valence-corrected chi connectivity index (χ2v) is 6.57. The Kier molecular flexibility index (Phi) is 5.86. The van der Waals surface area contributed by atoms with E-state index < -0.39 is 0 Å². The summed E-state index contributed by atoms with van der Waals surface area (Å²) >= 11 is 0. The van der Waals surface area contributed by atoms with Crippen LogP contribution in [0, 0.1) is 0 Å². The first-order valence-corrected chi connectivity index (χ1v) is 8.98. The second kappa shape index (κ2) is 8.29. The number of pyridine rings is 1. The normalized spacial score (nSPS) is 22.7. The molecule has 3 heterocycles. The predicted molar refractivity (Wildman–Crippen MR) is 93.5 cm³/mol. The van der Waals surface area contributed by atoms with Gasteiger partial charge in [0.2, 0.25) is 11.8 Å². The summed E-state index contributed by atoms with van der Waals surface area (Å²) in [5, 5.41) is 2.94. The van der Waals surface area contributed by atoms with Gasteiger partial charge in [-0.1, -0.05) is 0 Å². The maximum atomic E-state index is 12.8. The summed E-state index contributed by atoms with van der Waals surface area (Å²) in [7, 11) is 1.53. The number of amides is 2. The molecular formula is C18H26N4O3. The van der Waals surface area contributed by atoms with E-state index in [0.717, 1.165) is 45.4 Å². The van der Waals surface area contributed by atoms with Crippen molar-refractivity contribution in [2.24, 2.45) is 0 Å². The van der Waals surface area contributed by atoms with E-state index in [4.69, 9.17) is 4.74 Å². The summed E-state index contributed by atoms with van der Waals surface area (Å²) < 4.78 is 5.22. The van der Waals surface area contributed by atoms with E-state index in [2.05, 4.69) is 15.2 Å². The fraction of sp³-hybridized carbons (Fsp3) is 0.611.